The first-order valence-electron chi connectivity index (χ1n) is 6.81. The minimum atomic E-state index is -3.94. The molecule has 7 heteroatoms. The van der Waals surface area contributed by atoms with Crippen LogP contribution in [0.1, 0.15) is 42.1 Å². The second-order valence-electron chi connectivity index (χ2n) is 5.22. The van der Waals surface area contributed by atoms with E-state index in [0.29, 0.717) is 17.7 Å². The molecule has 4 nitrogen and oxygen atoms in total. The summed E-state index contributed by atoms with van der Waals surface area (Å²) in [6, 6.07) is 2.99. The Hall–Kier alpha value is -0.780. The summed E-state index contributed by atoms with van der Waals surface area (Å²) < 4.78 is 23.2. The lowest BCUT2D eigenvalue weighted by molar-refractivity contribution is 0.0732. The average molecular weight is 350 g/mol. The van der Waals surface area contributed by atoms with E-state index in [1.807, 2.05) is 6.92 Å². The van der Waals surface area contributed by atoms with Crippen LogP contribution in [-0.2, 0) is 9.05 Å². The number of amides is 1. The summed E-state index contributed by atoms with van der Waals surface area (Å²) >= 11 is 5.96. The fourth-order valence-corrected chi connectivity index (χ4v) is 4.32. The quantitative estimate of drug-likeness (QED) is 0.783. The lowest BCUT2D eigenvalue weighted by Crippen LogP contribution is -2.35. The molecule has 1 fully saturated rings. The molecule has 116 valence electrons. The van der Waals surface area contributed by atoms with Crippen LogP contribution in [0.15, 0.2) is 17.0 Å². The van der Waals surface area contributed by atoms with E-state index < -0.39 is 9.05 Å². The van der Waals surface area contributed by atoms with Gasteiger partial charge in [0, 0.05) is 33.9 Å². The molecule has 0 N–H and O–H groups in total. The van der Waals surface area contributed by atoms with Gasteiger partial charge in [-0.3, -0.25) is 4.79 Å². The number of hydrogen-bond donors (Lipinski definition) is 0. The lowest BCUT2D eigenvalue weighted by atomic mass is 10.1. The molecule has 1 unspecified atom stereocenters. The Kier molecular flexibility index (Phi) is 4.85. The topological polar surface area (TPSA) is 54.5 Å². The minimum absolute atomic E-state index is 0.104. The van der Waals surface area contributed by atoms with E-state index in [9.17, 15) is 13.2 Å². The molecule has 1 aliphatic rings. The molecule has 0 bridgehead atoms. The Balaban J connectivity index is 2.49. The maximum Gasteiger partial charge on any atom is 0.261 e. The van der Waals surface area contributed by atoms with Crippen molar-refractivity contribution in [1.82, 2.24) is 4.90 Å². The van der Waals surface area contributed by atoms with Gasteiger partial charge in [-0.05, 0) is 43.9 Å². The van der Waals surface area contributed by atoms with Crippen LogP contribution in [0.25, 0.3) is 0 Å². The van der Waals surface area contributed by atoms with Crippen LogP contribution in [0.5, 0.6) is 0 Å². The SMILES string of the molecule is CCC1CCCN1C(=O)c1cc(Cl)cc(S(=O)(=O)Cl)c1C. The molecular weight excluding hydrogens is 333 g/mol. The first-order valence-corrected chi connectivity index (χ1v) is 9.50. The van der Waals surface area contributed by atoms with Gasteiger partial charge in [-0.15, -0.1) is 0 Å². The predicted octanol–water partition coefficient (Wildman–Crippen LogP) is 3.59. The maximum absolute atomic E-state index is 12.7. The van der Waals surface area contributed by atoms with E-state index in [2.05, 4.69) is 0 Å². The van der Waals surface area contributed by atoms with Gasteiger partial charge in [-0.1, -0.05) is 18.5 Å². The van der Waals surface area contributed by atoms with Gasteiger partial charge in [-0.25, -0.2) is 8.42 Å². The van der Waals surface area contributed by atoms with Crippen LogP contribution in [0.2, 0.25) is 5.02 Å². The van der Waals surface area contributed by atoms with E-state index in [0.717, 1.165) is 19.3 Å². The summed E-state index contributed by atoms with van der Waals surface area (Å²) in [6.07, 6.45) is 2.82. The number of carbonyl (C=O) groups is 1. The second-order valence-corrected chi connectivity index (χ2v) is 8.19. The molecular formula is C14H17Cl2NO3S. The zero-order valence-electron chi connectivity index (χ0n) is 11.9. The van der Waals surface area contributed by atoms with Gasteiger partial charge < -0.3 is 4.90 Å². The Morgan fingerprint density at radius 3 is 2.67 bits per heavy atom. The third-order valence-corrected chi connectivity index (χ3v) is 5.59. The highest BCUT2D eigenvalue weighted by Gasteiger charge is 2.30. The van der Waals surface area contributed by atoms with Crippen molar-refractivity contribution in [1.29, 1.82) is 0 Å². The van der Waals surface area contributed by atoms with Crippen molar-refractivity contribution in [3.8, 4) is 0 Å². The Labute approximate surface area is 134 Å². The molecule has 1 atom stereocenters. The molecule has 0 radical (unpaired) electrons. The predicted molar refractivity (Wildman–Crippen MR) is 83.6 cm³/mol. The maximum atomic E-state index is 12.7. The summed E-state index contributed by atoms with van der Waals surface area (Å²) in [4.78, 5) is 14.4. The van der Waals surface area contributed by atoms with Crippen molar-refractivity contribution < 1.29 is 13.2 Å². The molecule has 0 aliphatic carbocycles. The fourth-order valence-electron chi connectivity index (χ4n) is 2.81. The van der Waals surface area contributed by atoms with E-state index in [1.54, 1.807) is 11.8 Å². The first-order chi connectivity index (χ1) is 9.75. The molecule has 0 spiro atoms. The fraction of sp³-hybridized carbons (Fsp3) is 0.500. The minimum Gasteiger partial charge on any atom is -0.336 e. The Bertz CT molecular complexity index is 673. The lowest BCUT2D eigenvalue weighted by Gasteiger charge is -2.25. The third kappa shape index (κ3) is 3.35. The van der Waals surface area contributed by atoms with Crippen molar-refractivity contribution in [2.75, 3.05) is 6.54 Å². The highest BCUT2D eigenvalue weighted by molar-refractivity contribution is 8.13. The summed E-state index contributed by atoms with van der Waals surface area (Å²) in [5.41, 5.74) is 0.656. The van der Waals surface area contributed by atoms with E-state index in [1.165, 1.54) is 12.1 Å². The van der Waals surface area contributed by atoms with Crippen LogP contribution in [0, 0.1) is 6.92 Å². The van der Waals surface area contributed by atoms with Gasteiger partial charge in [0.25, 0.3) is 15.0 Å². The van der Waals surface area contributed by atoms with Gasteiger partial charge in [-0.2, -0.15) is 0 Å². The Morgan fingerprint density at radius 1 is 1.43 bits per heavy atom. The summed E-state index contributed by atoms with van der Waals surface area (Å²) in [5.74, 6) is -0.180. The normalized spacial score (nSPS) is 19.0. The van der Waals surface area contributed by atoms with Crippen molar-refractivity contribution in [3.63, 3.8) is 0 Å². The van der Waals surface area contributed by atoms with Crippen LogP contribution in [0.4, 0.5) is 0 Å². The average Bonchev–Trinajstić information content (AvgIpc) is 2.87. The molecule has 21 heavy (non-hydrogen) atoms. The van der Waals surface area contributed by atoms with Gasteiger partial charge in [0.2, 0.25) is 0 Å². The van der Waals surface area contributed by atoms with Crippen LogP contribution in [0.3, 0.4) is 0 Å². The molecule has 1 aliphatic heterocycles. The van der Waals surface area contributed by atoms with E-state index >= 15 is 0 Å². The molecule has 1 aromatic carbocycles. The Morgan fingerprint density at radius 2 is 2.10 bits per heavy atom. The monoisotopic (exact) mass is 349 g/mol. The largest absolute Gasteiger partial charge is 0.336 e. The number of nitrogens with zero attached hydrogens (tertiary/aromatic N) is 1. The molecule has 1 heterocycles. The highest BCUT2D eigenvalue weighted by Crippen LogP contribution is 2.30. The molecule has 1 amide bonds. The summed E-state index contributed by atoms with van der Waals surface area (Å²) in [6.45, 7) is 4.30. The van der Waals surface area contributed by atoms with Gasteiger partial charge in [0.05, 0.1) is 4.90 Å². The number of hydrogen-bond acceptors (Lipinski definition) is 3. The number of rotatable bonds is 3. The van der Waals surface area contributed by atoms with Crippen molar-refractivity contribution in [3.05, 3.63) is 28.3 Å². The summed E-state index contributed by atoms with van der Waals surface area (Å²) in [5, 5.41) is 0.190. The number of benzene rings is 1. The van der Waals surface area contributed by atoms with Crippen LogP contribution in [-0.4, -0.2) is 31.8 Å². The first kappa shape index (κ1) is 16.6. The van der Waals surface area contributed by atoms with Gasteiger partial charge >= 0.3 is 0 Å². The van der Waals surface area contributed by atoms with Crippen molar-refractivity contribution >= 4 is 37.2 Å². The van der Waals surface area contributed by atoms with E-state index in [-0.39, 0.29) is 21.9 Å². The van der Waals surface area contributed by atoms with Gasteiger partial charge in [0.1, 0.15) is 0 Å². The zero-order valence-corrected chi connectivity index (χ0v) is 14.2. The van der Waals surface area contributed by atoms with Crippen LogP contribution >= 0.6 is 22.3 Å². The third-order valence-electron chi connectivity index (χ3n) is 3.93. The zero-order chi connectivity index (χ0) is 15.8. The smallest absolute Gasteiger partial charge is 0.261 e. The van der Waals surface area contributed by atoms with Crippen molar-refractivity contribution in [2.45, 2.75) is 44.0 Å². The number of carbonyl (C=O) groups excluding carboxylic acids is 1. The van der Waals surface area contributed by atoms with Crippen LogP contribution < -0.4 is 0 Å². The molecule has 0 saturated carbocycles. The molecule has 1 aromatic rings. The molecule has 2 rings (SSSR count). The number of halogens is 2. The summed E-state index contributed by atoms with van der Waals surface area (Å²) in [7, 11) is 1.48. The molecule has 0 aromatic heterocycles. The molecule has 1 saturated heterocycles. The highest BCUT2D eigenvalue weighted by atomic mass is 35.7. The standard InChI is InChI=1S/C14H17Cl2NO3S/c1-3-11-5-4-6-17(11)14(18)12-7-10(15)8-13(9(12)2)21(16,19)20/h7-8,11H,3-6H2,1-2H3. The van der Waals surface area contributed by atoms with E-state index in [4.69, 9.17) is 22.3 Å². The van der Waals surface area contributed by atoms with Crippen molar-refractivity contribution in [2.24, 2.45) is 0 Å². The van der Waals surface area contributed by atoms with Gasteiger partial charge in [0.15, 0.2) is 0 Å². The second kappa shape index (κ2) is 6.15. The number of likely N-dealkylation sites (tertiary alicyclic amines) is 1.